The summed E-state index contributed by atoms with van der Waals surface area (Å²) < 4.78 is 2.09. The Hall–Kier alpha value is -4.46. The van der Waals surface area contributed by atoms with Crippen LogP contribution in [0.2, 0.25) is 0 Å². The third-order valence-corrected chi connectivity index (χ3v) is 9.34. The van der Waals surface area contributed by atoms with Gasteiger partial charge in [0.2, 0.25) is 5.91 Å². The number of hydrogen-bond donors (Lipinski definition) is 3. The summed E-state index contributed by atoms with van der Waals surface area (Å²) in [6.45, 7) is 7.14. The van der Waals surface area contributed by atoms with Gasteiger partial charge in [0.1, 0.15) is 11.5 Å². The van der Waals surface area contributed by atoms with Gasteiger partial charge in [-0.1, -0.05) is 57.0 Å². The van der Waals surface area contributed by atoms with E-state index in [1.807, 2.05) is 42.6 Å². The minimum Gasteiger partial charge on any atom is -0.383 e. The van der Waals surface area contributed by atoms with Gasteiger partial charge in [-0.25, -0.2) is 4.98 Å². The Labute approximate surface area is 265 Å². The Kier molecular flexibility index (Phi) is 9.01. The molecule has 2 aromatic carbocycles. The summed E-state index contributed by atoms with van der Waals surface area (Å²) in [7, 11) is 0. The SMILES string of the molecule is Cc1cc(NC(=O)c2cccc(-c3nn4c5c(cnc(N)c35)/C=C/CCCCCNC(=O)[C@@H]3CCC[C@@H]4C3)c2)ccc1C(C)C. The van der Waals surface area contributed by atoms with Gasteiger partial charge in [0.05, 0.1) is 16.9 Å². The van der Waals surface area contributed by atoms with Crippen molar-refractivity contribution >= 4 is 40.3 Å². The van der Waals surface area contributed by atoms with Crippen LogP contribution >= 0.6 is 0 Å². The van der Waals surface area contributed by atoms with Crippen molar-refractivity contribution in [3.63, 3.8) is 0 Å². The summed E-state index contributed by atoms with van der Waals surface area (Å²) in [4.78, 5) is 31.1. The first-order valence-corrected chi connectivity index (χ1v) is 16.4. The Morgan fingerprint density at radius 2 is 1.96 bits per heavy atom. The number of carbonyl (C=O) groups excluding carboxylic acids is 2. The topological polar surface area (TPSA) is 115 Å². The lowest BCUT2D eigenvalue weighted by Gasteiger charge is -2.29. The molecule has 2 atom stereocenters. The van der Waals surface area contributed by atoms with Crippen molar-refractivity contribution in [3.8, 4) is 11.3 Å². The summed E-state index contributed by atoms with van der Waals surface area (Å²) in [6.07, 6.45) is 13.8. The molecule has 0 saturated heterocycles. The fraction of sp³-hybridized carbons (Fsp3) is 0.405. The molecule has 2 bridgehead atoms. The number of benzene rings is 2. The molecule has 234 valence electrons. The second-order valence-electron chi connectivity index (χ2n) is 12.9. The van der Waals surface area contributed by atoms with Crippen molar-refractivity contribution in [1.82, 2.24) is 20.1 Å². The molecule has 1 saturated carbocycles. The number of aryl methyl sites for hydroxylation is 1. The van der Waals surface area contributed by atoms with Gasteiger partial charge in [-0.15, -0.1) is 0 Å². The number of fused-ring (bicyclic) bond motifs is 3. The Morgan fingerprint density at radius 3 is 2.78 bits per heavy atom. The molecule has 2 amide bonds. The Bertz CT molecular complexity index is 1750. The molecule has 45 heavy (non-hydrogen) atoms. The normalized spacial score (nSPS) is 19.9. The number of nitrogens with two attached hydrogens (primary N) is 1. The molecule has 1 fully saturated rings. The average molecular weight is 605 g/mol. The van der Waals surface area contributed by atoms with E-state index in [0.717, 1.165) is 91.2 Å². The number of nitrogens with one attached hydrogen (secondary N) is 2. The highest BCUT2D eigenvalue weighted by Crippen LogP contribution is 2.40. The summed E-state index contributed by atoms with van der Waals surface area (Å²) in [5.74, 6) is 0.747. The number of nitrogen functional groups attached to an aromatic ring is 1. The zero-order valence-electron chi connectivity index (χ0n) is 26.6. The molecule has 2 aliphatic rings. The van der Waals surface area contributed by atoms with Crippen molar-refractivity contribution in [2.45, 2.75) is 84.1 Å². The van der Waals surface area contributed by atoms with E-state index in [0.29, 0.717) is 23.0 Å². The van der Waals surface area contributed by atoms with Crippen LogP contribution in [0.3, 0.4) is 0 Å². The molecule has 4 aromatic rings. The molecule has 1 aliphatic carbocycles. The van der Waals surface area contributed by atoms with Crippen molar-refractivity contribution in [2.75, 3.05) is 17.6 Å². The van der Waals surface area contributed by atoms with Crippen molar-refractivity contribution in [3.05, 3.63) is 77.0 Å². The first-order chi connectivity index (χ1) is 21.8. The van der Waals surface area contributed by atoms with E-state index in [-0.39, 0.29) is 23.8 Å². The Balaban J connectivity index is 1.40. The van der Waals surface area contributed by atoms with E-state index in [2.05, 4.69) is 59.3 Å². The number of pyridine rings is 1. The molecule has 0 radical (unpaired) electrons. The number of aromatic nitrogens is 3. The first-order valence-electron chi connectivity index (χ1n) is 16.4. The van der Waals surface area contributed by atoms with Gasteiger partial charge in [0.15, 0.2) is 0 Å². The molecule has 1 aliphatic heterocycles. The van der Waals surface area contributed by atoms with Gasteiger partial charge >= 0.3 is 0 Å². The maximum absolute atomic E-state index is 13.4. The largest absolute Gasteiger partial charge is 0.383 e. The van der Waals surface area contributed by atoms with E-state index < -0.39 is 0 Å². The molecule has 0 spiro atoms. The van der Waals surface area contributed by atoms with E-state index in [1.165, 1.54) is 5.56 Å². The molecule has 4 N–H and O–H groups in total. The molecule has 2 aromatic heterocycles. The van der Waals surface area contributed by atoms with Crippen molar-refractivity contribution in [2.24, 2.45) is 5.92 Å². The number of hydrogen-bond acceptors (Lipinski definition) is 5. The van der Waals surface area contributed by atoms with Crippen molar-refractivity contribution < 1.29 is 9.59 Å². The van der Waals surface area contributed by atoms with Crippen LogP contribution in [-0.2, 0) is 4.79 Å². The van der Waals surface area contributed by atoms with Crippen LogP contribution in [-0.4, -0.2) is 33.1 Å². The van der Waals surface area contributed by atoms with Gasteiger partial charge in [-0.2, -0.15) is 5.10 Å². The van der Waals surface area contributed by atoms with Crippen LogP contribution in [0.5, 0.6) is 0 Å². The van der Waals surface area contributed by atoms with Gasteiger partial charge < -0.3 is 16.4 Å². The monoisotopic (exact) mass is 604 g/mol. The molecule has 3 heterocycles. The smallest absolute Gasteiger partial charge is 0.255 e. The van der Waals surface area contributed by atoms with E-state index in [1.54, 1.807) is 0 Å². The van der Waals surface area contributed by atoms with Gasteiger partial charge in [-0.3, -0.25) is 14.3 Å². The van der Waals surface area contributed by atoms with E-state index >= 15 is 0 Å². The average Bonchev–Trinajstić information content (AvgIpc) is 3.45. The maximum atomic E-state index is 13.4. The van der Waals surface area contributed by atoms with Crippen LogP contribution in [0.4, 0.5) is 11.5 Å². The third-order valence-electron chi connectivity index (χ3n) is 9.34. The second kappa shape index (κ2) is 13.3. The summed E-state index contributed by atoms with van der Waals surface area (Å²) in [5.41, 5.74) is 13.7. The fourth-order valence-electron chi connectivity index (χ4n) is 6.97. The third kappa shape index (κ3) is 6.51. The quantitative estimate of drug-likeness (QED) is 0.220. The zero-order valence-corrected chi connectivity index (χ0v) is 26.6. The van der Waals surface area contributed by atoms with Crippen LogP contribution in [0.15, 0.2) is 54.7 Å². The summed E-state index contributed by atoms with van der Waals surface area (Å²) in [5, 5.41) is 12.2. The molecule has 0 unspecified atom stereocenters. The number of nitrogens with zero attached hydrogens (tertiary/aromatic N) is 3. The molecule has 6 rings (SSSR count). The first kappa shape index (κ1) is 30.6. The molecule has 8 heteroatoms. The van der Waals surface area contributed by atoms with Gasteiger partial charge in [-0.05, 0) is 86.8 Å². The number of allylic oxidation sites excluding steroid dienone is 1. The zero-order chi connectivity index (χ0) is 31.5. The highest BCUT2D eigenvalue weighted by Gasteiger charge is 2.31. The van der Waals surface area contributed by atoms with Crippen LogP contribution < -0.4 is 16.4 Å². The maximum Gasteiger partial charge on any atom is 0.255 e. The standard InChI is InChI=1S/C37H44N6O2/c1-23(2)31-17-16-29(19-24(31)3)41-37(45)26-13-9-12-25(20-26)33-32-34-28(22-40-35(32)38)11-7-5-4-6-8-18-39-36(44)27-14-10-15-30(21-27)43(34)42-33/h7,9,11-13,16-17,19-20,22-23,27,30H,4-6,8,10,14-15,18,21H2,1-3H3,(H2,38,40)(H,39,44)(H,41,45)/b11-7+/t27-,30-/m1/s1. The molecular weight excluding hydrogens is 560 g/mol. The summed E-state index contributed by atoms with van der Waals surface area (Å²) >= 11 is 0. The van der Waals surface area contributed by atoms with E-state index in [4.69, 9.17) is 10.8 Å². The fourth-order valence-corrected chi connectivity index (χ4v) is 6.97. The lowest BCUT2D eigenvalue weighted by molar-refractivity contribution is -0.126. The van der Waals surface area contributed by atoms with Crippen molar-refractivity contribution in [1.29, 1.82) is 0 Å². The minimum atomic E-state index is -0.186. The van der Waals surface area contributed by atoms with Crippen LogP contribution in [0.1, 0.15) is 104 Å². The number of anilines is 2. The lowest BCUT2D eigenvalue weighted by Crippen LogP contribution is -2.35. The highest BCUT2D eigenvalue weighted by atomic mass is 16.2. The predicted octanol–water partition coefficient (Wildman–Crippen LogP) is 7.80. The Morgan fingerprint density at radius 1 is 1.09 bits per heavy atom. The number of rotatable bonds is 4. The van der Waals surface area contributed by atoms with Gasteiger partial charge in [0.25, 0.3) is 5.91 Å². The molecular formula is C37H44N6O2. The predicted molar refractivity (Wildman–Crippen MR) is 182 cm³/mol. The number of carbonyl (C=O) groups is 2. The summed E-state index contributed by atoms with van der Waals surface area (Å²) in [6, 6.07) is 13.7. The van der Waals surface area contributed by atoms with Crippen LogP contribution in [0.25, 0.3) is 28.2 Å². The van der Waals surface area contributed by atoms with Crippen LogP contribution in [0, 0.1) is 12.8 Å². The van der Waals surface area contributed by atoms with Gasteiger partial charge in [0, 0.05) is 41.0 Å². The highest BCUT2D eigenvalue weighted by molar-refractivity contribution is 6.07. The van der Waals surface area contributed by atoms with E-state index in [9.17, 15) is 9.59 Å². The minimum absolute atomic E-state index is 0.0416. The lowest BCUT2D eigenvalue weighted by atomic mass is 9.85. The second-order valence-corrected chi connectivity index (χ2v) is 12.9. The number of amides is 2. The molecule has 8 nitrogen and oxygen atoms in total.